The molecule has 7 nitrogen and oxygen atoms in total. The van der Waals surface area contributed by atoms with Gasteiger partial charge in [0.1, 0.15) is 12.1 Å². The monoisotopic (exact) mass is 445 g/mol. The molecule has 1 saturated heterocycles. The van der Waals surface area contributed by atoms with Crippen LogP contribution in [0.3, 0.4) is 0 Å². The van der Waals surface area contributed by atoms with Gasteiger partial charge in [-0.1, -0.05) is 6.07 Å². The summed E-state index contributed by atoms with van der Waals surface area (Å²) in [6, 6.07) is 9.45. The highest BCUT2D eigenvalue weighted by Crippen LogP contribution is 2.26. The third kappa shape index (κ3) is 4.79. The summed E-state index contributed by atoms with van der Waals surface area (Å²) >= 11 is 0. The van der Waals surface area contributed by atoms with Crippen LogP contribution < -0.4 is 9.62 Å². The highest BCUT2D eigenvalue weighted by molar-refractivity contribution is 7.89. The smallest absolute Gasteiger partial charge is 0.241 e. The number of halogens is 1. The minimum Gasteiger partial charge on any atom is -0.444 e. The van der Waals surface area contributed by atoms with Crippen LogP contribution in [0.5, 0.6) is 0 Å². The summed E-state index contributed by atoms with van der Waals surface area (Å²) in [5, 5.41) is 0. The number of aryl methyl sites for hydroxylation is 2. The van der Waals surface area contributed by atoms with E-state index in [1.54, 1.807) is 32.0 Å². The minimum atomic E-state index is -3.86. The molecule has 0 spiro atoms. The maximum Gasteiger partial charge on any atom is 0.241 e. The van der Waals surface area contributed by atoms with Crippen LogP contribution in [0, 0.1) is 19.7 Å². The molecule has 1 N–H and O–H groups in total. The van der Waals surface area contributed by atoms with Crippen molar-refractivity contribution in [1.29, 1.82) is 0 Å². The number of sulfonamides is 1. The Kier molecular flexibility index (Phi) is 6.08. The largest absolute Gasteiger partial charge is 0.444 e. The first-order valence-electron chi connectivity index (χ1n) is 9.97. The van der Waals surface area contributed by atoms with Gasteiger partial charge >= 0.3 is 0 Å². The molecular formula is C22H24FN3O4S. The Hall–Kier alpha value is -2.75. The van der Waals surface area contributed by atoms with Crippen LogP contribution in [-0.2, 0) is 21.3 Å². The van der Waals surface area contributed by atoms with Crippen molar-refractivity contribution in [3.8, 4) is 11.5 Å². The molecule has 3 aromatic rings. The number of nitrogens with one attached hydrogen (secondary N) is 1. The van der Waals surface area contributed by atoms with Crippen LogP contribution >= 0.6 is 0 Å². The highest BCUT2D eigenvalue weighted by atomic mass is 32.2. The van der Waals surface area contributed by atoms with Crippen molar-refractivity contribution in [3.05, 3.63) is 65.3 Å². The molecule has 0 bridgehead atoms. The summed E-state index contributed by atoms with van der Waals surface area (Å²) < 4.78 is 53.5. The number of hydrogen-bond donors (Lipinski definition) is 1. The second-order valence-electron chi connectivity index (χ2n) is 7.47. The maximum atomic E-state index is 13.9. The first kappa shape index (κ1) is 21.5. The van der Waals surface area contributed by atoms with Crippen LogP contribution in [0.1, 0.15) is 16.8 Å². The highest BCUT2D eigenvalue weighted by Gasteiger charge is 2.21. The first-order valence-corrected chi connectivity index (χ1v) is 11.5. The summed E-state index contributed by atoms with van der Waals surface area (Å²) in [5.74, 6) is -0.0580. The van der Waals surface area contributed by atoms with Gasteiger partial charge in [0.15, 0.2) is 0 Å². The Labute approximate surface area is 180 Å². The van der Waals surface area contributed by atoms with E-state index in [0.29, 0.717) is 54.6 Å². The summed E-state index contributed by atoms with van der Waals surface area (Å²) in [5.41, 5.74) is 3.24. The molecule has 1 fully saturated rings. The Morgan fingerprint density at radius 2 is 1.90 bits per heavy atom. The third-order valence-electron chi connectivity index (χ3n) is 5.19. The maximum absolute atomic E-state index is 13.9. The molecule has 0 unspecified atom stereocenters. The van der Waals surface area contributed by atoms with Gasteiger partial charge in [0.2, 0.25) is 15.9 Å². The third-order valence-corrected chi connectivity index (χ3v) is 6.73. The van der Waals surface area contributed by atoms with Crippen LogP contribution in [0.2, 0.25) is 0 Å². The average molecular weight is 446 g/mol. The molecule has 31 heavy (non-hydrogen) atoms. The van der Waals surface area contributed by atoms with E-state index in [9.17, 15) is 12.8 Å². The zero-order valence-corrected chi connectivity index (χ0v) is 18.2. The molecule has 0 atom stereocenters. The Morgan fingerprint density at radius 3 is 2.61 bits per heavy atom. The number of hydrogen-bond acceptors (Lipinski definition) is 6. The number of rotatable bonds is 6. The summed E-state index contributed by atoms with van der Waals surface area (Å²) in [6.07, 6.45) is 1.51. The van der Waals surface area contributed by atoms with Gasteiger partial charge in [0.05, 0.1) is 23.8 Å². The fourth-order valence-electron chi connectivity index (χ4n) is 3.57. The number of ether oxygens (including phenoxy) is 1. The van der Waals surface area contributed by atoms with Crippen LogP contribution in [0.25, 0.3) is 11.5 Å². The summed E-state index contributed by atoms with van der Waals surface area (Å²) in [7, 11) is -3.86. The topological polar surface area (TPSA) is 84.7 Å². The van der Waals surface area contributed by atoms with Gasteiger partial charge in [0.25, 0.3) is 0 Å². The molecule has 0 radical (unpaired) electrons. The summed E-state index contributed by atoms with van der Waals surface area (Å²) in [6.45, 7) is 5.98. The number of anilines is 1. The van der Waals surface area contributed by atoms with Gasteiger partial charge in [-0.2, -0.15) is 0 Å². The molecule has 0 amide bonds. The number of aromatic nitrogens is 1. The lowest BCUT2D eigenvalue weighted by Gasteiger charge is -2.30. The van der Waals surface area contributed by atoms with Crippen molar-refractivity contribution < 1.29 is 22.0 Å². The lowest BCUT2D eigenvalue weighted by atomic mass is 10.1. The van der Waals surface area contributed by atoms with E-state index in [1.807, 2.05) is 0 Å². The van der Waals surface area contributed by atoms with Crippen molar-refractivity contribution in [3.63, 3.8) is 0 Å². The zero-order valence-electron chi connectivity index (χ0n) is 17.4. The molecule has 1 aromatic heterocycles. The molecule has 0 aliphatic carbocycles. The molecule has 164 valence electrons. The molecule has 4 rings (SSSR count). The van der Waals surface area contributed by atoms with Gasteiger partial charge < -0.3 is 14.1 Å². The van der Waals surface area contributed by atoms with E-state index in [1.165, 1.54) is 24.5 Å². The van der Waals surface area contributed by atoms with E-state index in [2.05, 4.69) is 14.6 Å². The van der Waals surface area contributed by atoms with Crippen molar-refractivity contribution in [2.45, 2.75) is 25.3 Å². The quantitative estimate of drug-likeness (QED) is 0.626. The van der Waals surface area contributed by atoms with Gasteiger partial charge in [-0.3, -0.25) is 0 Å². The van der Waals surface area contributed by atoms with Crippen LogP contribution in [0.4, 0.5) is 10.1 Å². The van der Waals surface area contributed by atoms with Crippen LogP contribution in [0.15, 0.2) is 52.0 Å². The molecule has 1 aliphatic rings. The SMILES string of the molecule is Cc1coc(-c2ccc(C)c(S(=O)(=O)NCc3cc(F)ccc3N3CCOCC3)c2)n1. The second-order valence-corrected chi connectivity index (χ2v) is 9.21. The van der Waals surface area contributed by atoms with Gasteiger partial charge in [-0.15, -0.1) is 0 Å². The number of nitrogens with zero attached hydrogens (tertiary/aromatic N) is 2. The van der Waals surface area contributed by atoms with Crippen molar-refractivity contribution in [2.75, 3.05) is 31.2 Å². The lowest BCUT2D eigenvalue weighted by Crippen LogP contribution is -2.37. The summed E-state index contributed by atoms with van der Waals surface area (Å²) in [4.78, 5) is 6.46. The molecule has 2 aromatic carbocycles. The molecule has 1 aliphatic heterocycles. The van der Waals surface area contributed by atoms with E-state index in [-0.39, 0.29) is 11.4 Å². The van der Waals surface area contributed by atoms with Gasteiger partial charge in [-0.25, -0.2) is 22.5 Å². The van der Waals surface area contributed by atoms with Crippen LogP contribution in [-0.4, -0.2) is 39.7 Å². The molecule has 2 heterocycles. The van der Waals surface area contributed by atoms with E-state index in [0.717, 1.165) is 5.69 Å². The predicted octanol–water partition coefficient (Wildman–Crippen LogP) is 3.41. The number of oxazole rings is 1. The fraction of sp³-hybridized carbons (Fsp3) is 0.318. The second kappa shape index (κ2) is 8.78. The molecular weight excluding hydrogens is 421 g/mol. The van der Waals surface area contributed by atoms with Crippen molar-refractivity contribution in [1.82, 2.24) is 9.71 Å². The number of benzene rings is 2. The van der Waals surface area contributed by atoms with E-state index < -0.39 is 15.8 Å². The Morgan fingerprint density at radius 1 is 1.13 bits per heavy atom. The predicted molar refractivity (Wildman–Crippen MR) is 115 cm³/mol. The van der Waals surface area contributed by atoms with Crippen molar-refractivity contribution in [2.24, 2.45) is 0 Å². The molecule has 0 saturated carbocycles. The Bertz CT molecular complexity index is 1190. The normalized spacial score (nSPS) is 14.7. The minimum absolute atomic E-state index is 0.0332. The fourth-order valence-corrected chi connectivity index (χ4v) is 4.84. The van der Waals surface area contributed by atoms with Gasteiger partial charge in [-0.05, 0) is 55.3 Å². The number of morpholine rings is 1. The lowest BCUT2D eigenvalue weighted by molar-refractivity contribution is 0.122. The standard InChI is InChI=1S/C22H24FN3O4S/c1-15-3-4-17(22-25-16(2)14-30-22)12-21(15)31(27,28)24-13-18-11-19(23)5-6-20(18)26-7-9-29-10-8-26/h3-6,11-12,14,24H,7-10,13H2,1-2H3. The van der Waals surface area contributed by atoms with E-state index >= 15 is 0 Å². The Balaban J connectivity index is 1.60. The average Bonchev–Trinajstić information content (AvgIpc) is 3.19. The van der Waals surface area contributed by atoms with Gasteiger partial charge in [0, 0.05) is 30.9 Å². The van der Waals surface area contributed by atoms with E-state index in [4.69, 9.17) is 9.15 Å². The first-order chi connectivity index (χ1) is 14.8. The zero-order chi connectivity index (χ0) is 22.0. The molecule has 9 heteroatoms. The van der Waals surface area contributed by atoms with Crippen molar-refractivity contribution >= 4 is 15.7 Å².